The summed E-state index contributed by atoms with van der Waals surface area (Å²) in [6.07, 6.45) is -0.162. The third-order valence-electron chi connectivity index (χ3n) is 5.69. The van der Waals surface area contributed by atoms with Crippen molar-refractivity contribution in [2.24, 2.45) is 0 Å². The molecule has 6 heteroatoms. The van der Waals surface area contributed by atoms with Gasteiger partial charge in [-0.3, -0.25) is 19.3 Å². The van der Waals surface area contributed by atoms with Gasteiger partial charge in [0.25, 0.3) is 5.91 Å². The Balaban J connectivity index is 1.65. The molecule has 0 saturated heterocycles. The maximum atomic E-state index is 13.5. The van der Waals surface area contributed by atoms with Gasteiger partial charge in [0.05, 0.1) is 17.8 Å². The van der Waals surface area contributed by atoms with E-state index in [2.05, 4.69) is 10.6 Å². The molecule has 1 heterocycles. The van der Waals surface area contributed by atoms with Gasteiger partial charge in [0, 0.05) is 11.3 Å². The van der Waals surface area contributed by atoms with Gasteiger partial charge in [-0.25, -0.2) is 0 Å². The number of carbonyl (C=O) groups excluding carboxylic acids is 3. The van der Waals surface area contributed by atoms with E-state index in [-0.39, 0.29) is 24.1 Å². The van der Waals surface area contributed by atoms with Gasteiger partial charge in [0.2, 0.25) is 11.8 Å². The molecule has 0 radical (unpaired) electrons. The number of carbonyl (C=O) groups is 3. The highest BCUT2D eigenvalue weighted by Gasteiger charge is 2.38. The fourth-order valence-electron chi connectivity index (χ4n) is 3.85. The molecule has 1 aliphatic heterocycles. The molecule has 1 atom stereocenters. The van der Waals surface area contributed by atoms with Crippen molar-refractivity contribution in [2.75, 3.05) is 15.5 Å². The minimum Gasteiger partial charge on any atom is -0.326 e. The number of aryl methyl sites for hydroxylation is 3. The zero-order chi connectivity index (χ0) is 22.8. The predicted octanol–water partition coefficient (Wildman–Crippen LogP) is 4.61. The summed E-state index contributed by atoms with van der Waals surface area (Å²) in [7, 11) is 0. The largest absolute Gasteiger partial charge is 0.326 e. The number of anilines is 3. The molecule has 0 fully saturated rings. The number of hydrogen-bond donors (Lipinski definition) is 2. The molecule has 162 valence electrons. The summed E-state index contributed by atoms with van der Waals surface area (Å²) in [5, 5.41) is 5.68. The Bertz CT molecular complexity index is 1220. The number of nitrogens with one attached hydrogen (secondary N) is 2. The first-order valence-electron chi connectivity index (χ1n) is 10.5. The molecule has 0 spiro atoms. The molecule has 3 amide bonds. The fraction of sp³-hybridized carbons (Fsp3) is 0.192. The average Bonchev–Trinajstić information content (AvgIpc) is 2.76. The van der Waals surface area contributed by atoms with Crippen molar-refractivity contribution in [1.29, 1.82) is 0 Å². The van der Waals surface area contributed by atoms with E-state index in [0.717, 1.165) is 16.7 Å². The lowest BCUT2D eigenvalue weighted by Crippen LogP contribution is -2.52. The van der Waals surface area contributed by atoms with Crippen LogP contribution in [-0.2, 0) is 9.59 Å². The second kappa shape index (κ2) is 8.67. The van der Waals surface area contributed by atoms with Gasteiger partial charge in [-0.05, 0) is 68.3 Å². The van der Waals surface area contributed by atoms with Crippen molar-refractivity contribution in [3.63, 3.8) is 0 Å². The van der Waals surface area contributed by atoms with Crippen LogP contribution in [0.2, 0.25) is 0 Å². The summed E-state index contributed by atoms with van der Waals surface area (Å²) >= 11 is 0. The van der Waals surface area contributed by atoms with Crippen LogP contribution in [0.3, 0.4) is 0 Å². The van der Waals surface area contributed by atoms with Crippen molar-refractivity contribution >= 4 is 34.8 Å². The third-order valence-corrected chi connectivity index (χ3v) is 5.69. The summed E-state index contributed by atoms with van der Waals surface area (Å²) in [4.78, 5) is 40.8. The van der Waals surface area contributed by atoms with Gasteiger partial charge in [0.1, 0.15) is 6.04 Å². The van der Waals surface area contributed by atoms with Crippen molar-refractivity contribution < 1.29 is 14.4 Å². The molecule has 1 aliphatic rings. The van der Waals surface area contributed by atoms with Crippen molar-refractivity contribution in [3.8, 4) is 0 Å². The van der Waals surface area contributed by atoms with Gasteiger partial charge in [0.15, 0.2) is 0 Å². The van der Waals surface area contributed by atoms with Crippen LogP contribution in [0, 0.1) is 20.8 Å². The first-order chi connectivity index (χ1) is 15.3. The molecule has 0 saturated carbocycles. The zero-order valence-corrected chi connectivity index (χ0v) is 18.3. The summed E-state index contributed by atoms with van der Waals surface area (Å²) < 4.78 is 0. The lowest BCUT2D eigenvalue weighted by Gasteiger charge is -2.36. The van der Waals surface area contributed by atoms with E-state index in [9.17, 15) is 14.4 Å². The van der Waals surface area contributed by atoms with E-state index in [1.165, 1.54) is 4.90 Å². The molecular weight excluding hydrogens is 402 g/mol. The quantitative estimate of drug-likeness (QED) is 0.638. The maximum Gasteiger partial charge on any atom is 0.259 e. The zero-order valence-electron chi connectivity index (χ0n) is 18.3. The molecule has 0 bridgehead atoms. The average molecular weight is 428 g/mol. The van der Waals surface area contributed by atoms with Gasteiger partial charge < -0.3 is 10.6 Å². The lowest BCUT2D eigenvalue weighted by molar-refractivity contribution is -0.122. The van der Waals surface area contributed by atoms with Crippen LogP contribution in [0.25, 0.3) is 0 Å². The highest BCUT2D eigenvalue weighted by atomic mass is 16.2. The normalized spacial score (nSPS) is 15.0. The van der Waals surface area contributed by atoms with Crippen LogP contribution in [0.5, 0.6) is 0 Å². The second-order valence-electron chi connectivity index (χ2n) is 8.12. The van der Waals surface area contributed by atoms with Crippen molar-refractivity contribution in [1.82, 2.24) is 0 Å². The molecule has 0 aliphatic carbocycles. The Hall–Kier alpha value is -3.93. The Morgan fingerprint density at radius 2 is 1.72 bits per heavy atom. The summed E-state index contributed by atoms with van der Waals surface area (Å²) in [5.74, 6) is -1.05. The molecule has 3 aromatic carbocycles. The summed E-state index contributed by atoms with van der Waals surface area (Å²) in [6.45, 7) is 5.88. The van der Waals surface area contributed by atoms with Crippen LogP contribution in [0.1, 0.15) is 33.5 Å². The van der Waals surface area contributed by atoms with Crippen molar-refractivity contribution in [3.05, 3.63) is 89.0 Å². The van der Waals surface area contributed by atoms with Crippen LogP contribution >= 0.6 is 0 Å². The molecule has 2 N–H and O–H groups in total. The highest BCUT2D eigenvalue weighted by molar-refractivity contribution is 6.17. The summed E-state index contributed by atoms with van der Waals surface area (Å²) in [6, 6.07) is 19.0. The van der Waals surface area contributed by atoms with Crippen molar-refractivity contribution in [2.45, 2.75) is 33.2 Å². The second-order valence-corrected chi connectivity index (χ2v) is 8.12. The van der Waals surface area contributed by atoms with E-state index in [1.807, 2.05) is 45.0 Å². The molecule has 32 heavy (non-hydrogen) atoms. The maximum absolute atomic E-state index is 13.5. The molecule has 6 nitrogen and oxygen atoms in total. The number of amides is 3. The first-order valence-corrected chi connectivity index (χ1v) is 10.5. The number of benzene rings is 3. The number of para-hydroxylation sites is 2. The molecule has 0 unspecified atom stereocenters. The number of fused-ring (bicyclic) bond motifs is 1. The van der Waals surface area contributed by atoms with E-state index in [1.54, 1.807) is 42.5 Å². The fourth-order valence-corrected chi connectivity index (χ4v) is 3.85. The Morgan fingerprint density at radius 3 is 2.47 bits per heavy atom. The van der Waals surface area contributed by atoms with Gasteiger partial charge in [-0.15, -0.1) is 0 Å². The standard InChI is InChI=1S/C26H25N3O3/c1-16-7-6-8-19(13-16)26(32)29-22-10-5-4-9-21(22)28-25(31)23(29)15-24(30)27-20-12-11-17(2)18(3)14-20/h4-14,23H,15H2,1-3H3,(H,27,30)(H,28,31)/t23-/m1/s1. The SMILES string of the molecule is Cc1cccc(C(=O)N2c3ccccc3NC(=O)[C@H]2CC(=O)Nc2ccc(C)c(C)c2)c1. The van der Waals surface area contributed by atoms with Crippen LogP contribution in [-0.4, -0.2) is 23.8 Å². The molecule has 0 aromatic heterocycles. The third kappa shape index (κ3) is 4.25. The highest BCUT2D eigenvalue weighted by Crippen LogP contribution is 2.34. The van der Waals surface area contributed by atoms with E-state index in [0.29, 0.717) is 22.6 Å². The minimum atomic E-state index is -0.968. The predicted molar refractivity (Wildman–Crippen MR) is 126 cm³/mol. The Labute approximate surface area is 187 Å². The smallest absolute Gasteiger partial charge is 0.259 e. The number of hydrogen-bond acceptors (Lipinski definition) is 3. The molecular formula is C26H25N3O3. The monoisotopic (exact) mass is 427 g/mol. The summed E-state index contributed by atoms with van der Waals surface area (Å²) in [5.41, 5.74) is 5.37. The number of rotatable bonds is 4. The van der Waals surface area contributed by atoms with Crippen LogP contribution in [0.4, 0.5) is 17.1 Å². The number of nitrogens with zero attached hydrogens (tertiary/aromatic N) is 1. The Kier molecular flexibility index (Phi) is 5.77. The topological polar surface area (TPSA) is 78.5 Å². The molecule has 3 aromatic rings. The molecule has 4 rings (SSSR count). The van der Waals surface area contributed by atoms with Gasteiger partial charge in [-0.2, -0.15) is 0 Å². The first kappa shape index (κ1) is 21.3. The van der Waals surface area contributed by atoms with E-state index >= 15 is 0 Å². The Morgan fingerprint density at radius 1 is 0.938 bits per heavy atom. The van der Waals surface area contributed by atoms with Gasteiger partial charge in [-0.1, -0.05) is 35.9 Å². The minimum absolute atomic E-state index is 0.162. The van der Waals surface area contributed by atoms with Gasteiger partial charge >= 0.3 is 0 Å². The van der Waals surface area contributed by atoms with E-state index in [4.69, 9.17) is 0 Å². The van der Waals surface area contributed by atoms with E-state index < -0.39 is 6.04 Å². The lowest BCUT2D eigenvalue weighted by atomic mass is 10.0. The van der Waals surface area contributed by atoms with Crippen LogP contribution < -0.4 is 15.5 Å². The van der Waals surface area contributed by atoms with Crippen LogP contribution in [0.15, 0.2) is 66.7 Å².